The van der Waals surface area contributed by atoms with Crippen molar-refractivity contribution in [3.05, 3.63) is 59.9 Å². The van der Waals surface area contributed by atoms with E-state index in [9.17, 15) is 8.42 Å². The first-order valence-electron chi connectivity index (χ1n) is 12.3. The maximum Gasteiger partial charge on any atom is 0.243 e. The van der Waals surface area contributed by atoms with Gasteiger partial charge in [-0.3, -0.25) is 9.29 Å². The summed E-state index contributed by atoms with van der Waals surface area (Å²) in [5, 5.41) is 7.28. The summed E-state index contributed by atoms with van der Waals surface area (Å²) >= 11 is 0. The molecule has 40 heavy (non-hydrogen) atoms. The van der Waals surface area contributed by atoms with Gasteiger partial charge in [-0.15, -0.1) is 10.2 Å². The Hall–Kier alpha value is -4.01. The second-order valence-corrected chi connectivity index (χ2v) is 10.9. The van der Waals surface area contributed by atoms with Crippen LogP contribution in [0.15, 0.2) is 47.1 Å². The molecule has 0 aliphatic heterocycles. The number of ether oxygens (including phenoxy) is 4. The first-order valence-corrected chi connectivity index (χ1v) is 13.9. The third-order valence-corrected chi connectivity index (χ3v) is 7.73. The zero-order valence-corrected chi connectivity index (χ0v) is 23.9. The highest BCUT2D eigenvalue weighted by atomic mass is 32.2. The van der Waals surface area contributed by atoms with Crippen LogP contribution in [0.25, 0.3) is 17.3 Å². The van der Waals surface area contributed by atoms with Crippen LogP contribution in [-0.4, -0.2) is 72.9 Å². The molecule has 0 amide bonds. The average Bonchev–Trinajstić information content (AvgIpc) is 3.56. The molecule has 2 atom stereocenters. The lowest BCUT2D eigenvalue weighted by Gasteiger charge is -2.24. The lowest BCUT2D eigenvalue weighted by molar-refractivity contribution is 0.0119. The molecule has 4 rings (SSSR count). The standard InChI is InChI=1S/C26H32N6O7S/c1-16-14-27-24(28-15-16)23(38-13-12-35-4)18(3)40(33,34)31-26-30-29-25(21-11-10-17(2)39-21)32(26)22-19(36-5)8-7-9-20(22)37-6/h7-11,14-15,18,23H,12-13H2,1-6H3,(H,30,31). The maximum absolute atomic E-state index is 13.8. The number of nitrogens with one attached hydrogen (secondary N) is 1. The zero-order valence-electron chi connectivity index (χ0n) is 23.1. The van der Waals surface area contributed by atoms with Crippen LogP contribution in [0.3, 0.4) is 0 Å². The summed E-state index contributed by atoms with van der Waals surface area (Å²) in [7, 11) is 0.344. The number of benzene rings is 1. The van der Waals surface area contributed by atoms with Crippen LogP contribution in [0, 0.1) is 13.8 Å². The molecule has 13 nitrogen and oxygen atoms in total. The maximum atomic E-state index is 13.8. The lowest BCUT2D eigenvalue weighted by atomic mass is 10.2. The van der Waals surface area contributed by atoms with E-state index >= 15 is 0 Å². The van der Waals surface area contributed by atoms with Gasteiger partial charge in [0.1, 0.15) is 34.3 Å². The Morgan fingerprint density at radius 2 is 1.65 bits per heavy atom. The predicted octanol–water partition coefficient (Wildman–Crippen LogP) is 3.49. The molecule has 4 aromatic rings. The summed E-state index contributed by atoms with van der Waals surface area (Å²) < 4.78 is 59.6. The van der Waals surface area contributed by atoms with Crippen molar-refractivity contribution in [2.45, 2.75) is 32.1 Å². The number of rotatable bonds is 13. The minimum absolute atomic E-state index is 0.112. The van der Waals surface area contributed by atoms with Crippen LogP contribution < -0.4 is 14.2 Å². The highest BCUT2D eigenvalue weighted by Crippen LogP contribution is 2.38. The molecule has 0 aliphatic carbocycles. The minimum atomic E-state index is -4.17. The van der Waals surface area contributed by atoms with E-state index in [4.69, 9.17) is 23.4 Å². The monoisotopic (exact) mass is 572 g/mol. The van der Waals surface area contributed by atoms with Crippen molar-refractivity contribution in [2.75, 3.05) is 39.3 Å². The SMILES string of the molecule is COCCOC(c1ncc(C)cn1)C(C)S(=O)(=O)Nc1nnc(-c2ccc(C)o2)n1-c1c(OC)cccc1OC. The van der Waals surface area contributed by atoms with Gasteiger partial charge in [0.05, 0.1) is 27.4 Å². The van der Waals surface area contributed by atoms with Crippen molar-refractivity contribution in [1.29, 1.82) is 0 Å². The summed E-state index contributed by atoms with van der Waals surface area (Å²) in [5.41, 5.74) is 1.20. The van der Waals surface area contributed by atoms with Crippen LogP contribution in [0.1, 0.15) is 30.2 Å². The zero-order chi connectivity index (χ0) is 28.9. The van der Waals surface area contributed by atoms with Crippen LogP contribution in [0.4, 0.5) is 5.95 Å². The first-order chi connectivity index (χ1) is 19.2. The fraction of sp³-hybridized carbons (Fsp3) is 0.385. The fourth-order valence-corrected chi connectivity index (χ4v) is 5.04. The van der Waals surface area contributed by atoms with Crippen LogP contribution in [-0.2, 0) is 19.5 Å². The van der Waals surface area contributed by atoms with Gasteiger partial charge in [0.25, 0.3) is 0 Å². The van der Waals surface area contributed by atoms with Crippen molar-refractivity contribution in [2.24, 2.45) is 0 Å². The van der Waals surface area contributed by atoms with Gasteiger partial charge in [-0.2, -0.15) is 0 Å². The van der Waals surface area contributed by atoms with E-state index in [-0.39, 0.29) is 30.8 Å². The molecule has 3 heterocycles. The quantitative estimate of drug-likeness (QED) is 0.234. The number of aryl methyl sites for hydroxylation is 2. The van der Waals surface area contributed by atoms with E-state index in [1.54, 1.807) is 49.6 Å². The third kappa shape index (κ3) is 6.08. The van der Waals surface area contributed by atoms with E-state index in [1.807, 2.05) is 6.92 Å². The van der Waals surface area contributed by atoms with Crippen molar-refractivity contribution >= 4 is 16.0 Å². The van der Waals surface area contributed by atoms with Crippen molar-refractivity contribution in [3.8, 4) is 28.8 Å². The Morgan fingerprint density at radius 1 is 0.975 bits per heavy atom. The smallest absolute Gasteiger partial charge is 0.243 e. The predicted molar refractivity (Wildman–Crippen MR) is 146 cm³/mol. The molecule has 2 unspecified atom stereocenters. The van der Waals surface area contributed by atoms with E-state index in [0.717, 1.165) is 5.56 Å². The largest absolute Gasteiger partial charge is 0.494 e. The molecule has 3 aromatic heterocycles. The molecule has 0 bridgehead atoms. The number of nitrogens with zero attached hydrogens (tertiary/aromatic N) is 5. The van der Waals surface area contributed by atoms with Gasteiger partial charge in [0, 0.05) is 19.5 Å². The van der Waals surface area contributed by atoms with E-state index in [1.165, 1.54) is 32.8 Å². The number of aromatic nitrogens is 5. The molecule has 14 heteroatoms. The molecular weight excluding hydrogens is 540 g/mol. The topological polar surface area (TPSA) is 153 Å². The van der Waals surface area contributed by atoms with Gasteiger partial charge >= 0.3 is 0 Å². The number of furan rings is 1. The molecule has 1 aromatic carbocycles. The van der Waals surface area contributed by atoms with Crippen molar-refractivity contribution in [1.82, 2.24) is 24.7 Å². The number of hydrogen-bond donors (Lipinski definition) is 1. The number of sulfonamides is 1. The molecule has 214 valence electrons. The molecule has 1 N–H and O–H groups in total. The fourth-order valence-electron chi connectivity index (χ4n) is 3.94. The number of anilines is 1. The first kappa shape index (κ1) is 29.0. The van der Waals surface area contributed by atoms with Crippen molar-refractivity contribution < 1.29 is 31.8 Å². The van der Waals surface area contributed by atoms with Gasteiger partial charge in [0.2, 0.25) is 21.8 Å². The Kier molecular flexibility index (Phi) is 9.02. The highest BCUT2D eigenvalue weighted by Gasteiger charge is 2.36. The van der Waals surface area contributed by atoms with Gasteiger partial charge in [-0.05, 0) is 50.6 Å². The summed E-state index contributed by atoms with van der Waals surface area (Å²) in [6, 6.07) is 8.66. The summed E-state index contributed by atoms with van der Waals surface area (Å²) in [5.74, 6) is 2.14. The Morgan fingerprint density at radius 3 is 2.23 bits per heavy atom. The summed E-state index contributed by atoms with van der Waals surface area (Å²) in [6.45, 7) is 5.52. The summed E-state index contributed by atoms with van der Waals surface area (Å²) in [4.78, 5) is 8.62. The molecule has 0 fully saturated rings. The Bertz CT molecular complexity index is 1510. The van der Waals surface area contributed by atoms with E-state index < -0.39 is 21.4 Å². The number of para-hydroxylation sites is 1. The van der Waals surface area contributed by atoms with Gasteiger partial charge in [-0.1, -0.05) is 6.07 Å². The van der Waals surface area contributed by atoms with Crippen molar-refractivity contribution in [3.63, 3.8) is 0 Å². The number of hydrogen-bond acceptors (Lipinski definition) is 11. The second-order valence-electron chi connectivity index (χ2n) is 8.86. The second kappa shape index (κ2) is 12.4. The molecule has 0 radical (unpaired) electrons. The molecule has 0 aliphatic rings. The Labute approximate surface area is 232 Å². The Balaban J connectivity index is 1.80. The van der Waals surface area contributed by atoms with E-state index in [2.05, 4.69) is 24.9 Å². The average molecular weight is 573 g/mol. The van der Waals surface area contributed by atoms with Gasteiger partial charge in [-0.25, -0.2) is 18.4 Å². The molecule has 0 saturated heterocycles. The molecule has 0 saturated carbocycles. The number of methoxy groups -OCH3 is 3. The van der Waals surface area contributed by atoms with E-state index in [0.29, 0.717) is 28.7 Å². The van der Waals surface area contributed by atoms with Crippen LogP contribution >= 0.6 is 0 Å². The van der Waals surface area contributed by atoms with Gasteiger partial charge in [0.15, 0.2) is 11.6 Å². The summed E-state index contributed by atoms with van der Waals surface area (Å²) in [6.07, 6.45) is 2.20. The highest BCUT2D eigenvalue weighted by molar-refractivity contribution is 7.93. The normalized spacial score (nSPS) is 13.2. The third-order valence-electron chi connectivity index (χ3n) is 6.04. The van der Waals surface area contributed by atoms with Gasteiger partial charge < -0.3 is 23.4 Å². The molecular formula is C26H32N6O7S. The van der Waals surface area contributed by atoms with Crippen LogP contribution in [0.5, 0.6) is 11.5 Å². The van der Waals surface area contributed by atoms with Crippen LogP contribution in [0.2, 0.25) is 0 Å². The minimum Gasteiger partial charge on any atom is -0.494 e. The lowest BCUT2D eigenvalue weighted by Crippen LogP contribution is -2.34. The molecule has 0 spiro atoms.